The van der Waals surface area contributed by atoms with Crippen molar-refractivity contribution in [1.82, 2.24) is 15.3 Å². The molecule has 0 aliphatic carbocycles. The summed E-state index contributed by atoms with van der Waals surface area (Å²) in [6, 6.07) is 8.62. The van der Waals surface area contributed by atoms with Gasteiger partial charge in [0.05, 0.1) is 5.69 Å². The maximum Gasteiger partial charge on any atom is 0.251 e. The van der Waals surface area contributed by atoms with Crippen molar-refractivity contribution in [3.8, 4) is 17.3 Å². The van der Waals surface area contributed by atoms with Crippen LogP contribution in [0.4, 0.5) is 11.8 Å². The number of nitriles is 1. The standard InChI is InChI=1S/C13H12N6O/c1-17-12(20)8-4-2-3-7(5-8)10-9(6-14)11(15)19-13(16)18-10/h2-5H,1H3,(H,17,20)(H4,15,16,18,19). The second kappa shape index (κ2) is 5.24. The number of carbonyl (C=O) groups excluding carboxylic acids is 1. The molecular weight excluding hydrogens is 256 g/mol. The zero-order valence-corrected chi connectivity index (χ0v) is 10.7. The fourth-order valence-corrected chi connectivity index (χ4v) is 1.77. The normalized spacial score (nSPS) is 9.80. The van der Waals surface area contributed by atoms with E-state index in [9.17, 15) is 4.79 Å². The van der Waals surface area contributed by atoms with Gasteiger partial charge in [-0.2, -0.15) is 10.2 Å². The summed E-state index contributed by atoms with van der Waals surface area (Å²) in [5.74, 6) is -0.248. The van der Waals surface area contributed by atoms with Crippen molar-refractivity contribution < 1.29 is 4.79 Å². The number of nitrogens with one attached hydrogen (secondary N) is 1. The van der Waals surface area contributed by atoms with Crippen molar-refractivity contribution >= 4 is 17.7 Å². The molecule has 5 N–H and O–H groups in total. The van der Waals surface area contributed by atoms with Crippen molar-refractivity contribution in [3.63, 3.8) is 0 Å². The van der Waals surface area contributed by atoms with Gasteiger partial charge in [0.25, 0.3) is 5.91 Å². The van der Waals surface area contributed by atoms with Gasteiger partial charge in [0.2, 0.25) is 5.95 Å². The summed E-state index contributed by atoms with van der Waals surface area (Å²) in [6.45, 7) is 0. The molecule has 1 amide bonds. The molecule has 0 spiro atoms. The Labute approximate surface area is 115 Å². The molecule has 0 aliphatic heterocycles. The fraction of sp³-hybridized carbons (Fsp3) is 0.0769. The second-order valence-electron chi connectivity index (χ2n) is 3.96. The predicted molar refractivity (Wildman–Crippen MR) is 74.4 cm³/mol. The summed E-state index contributed by atoms with van der Waals surface area (Å²) < 4.78 is 0. The lowest BCUT2D eigenvalue weighted by molar-refractivity contribution is 0.0963. The Hall–Kier alpha value is -3.14. The van der Waals surface area contributed by atoms with Gasteiger partial charge in [0.1, 0.15) is 17.5 Å². The van der Waals surface area contributed by atoms with Crippen molar-refractivity contribution in [1.29, 1.82) is 5.26 Å². The van der Waals surface area contributed by atoms with Crippen molar-refractivity contribution in [2.75, 3.05) is 18.5 Å². The third-order valence-corrected chi connectivity index (χ3v) is 2.69. The first-order chi connectivity index (χ1) is 9.56. The number of anilines is 2. The van der Waals surface area contributed by atoms with E-state index in [0.29, 0.717) is 16.8 Å². The van der Waals surface area contributed by atoms with Crippen molar-refractivity contribution in [3.05, 3.63) is 35.4 Å². The van der Waals surface area contributed by atoms with Crippen LogP contribution in [0.25, 0.3) is 11.3 Å². The highest BCUT2D eigenvalue weighted by atomic mass is 16.1. The Morgan fingerprint density at radius 2 is 2.10 bits per heavy atom. The molecule has 0 saturated heterocycles. The summed E-state index contributed by atoms with van der Waals surface area (Å²) in [7, 11) is 1.54. The summed E-state index contributed by atoms with van der Waals surface area (Å²) >= 11 is 0. The Balaban J connectivity index is 2.63. The largest absolute Gasteiger partial charge is 0.382 e. The minimum Gasteiger partial charge on any atom is -0.382 e. The Morgan fingerprint density at radius 1 is 1.35 bits per heavy atom. The third-order valence-electron chi connectivity index (χ3n) is 2.69. The number of nitrogen functional groups attached to an aromatic ring is 2. The van der Waals surface area contributed by atoms with Gasteiger partial charge >= 0.3 is 0 Å². The molecule has 2 aromatic rings. The van der Waals surface area contributed by atoms with Gasteiger partial charge in [0, 0.05) is 18.2 Å². The third kappa shape index (κ3) is 2.35. The molecule has 0 atom stereocenters. The number of hydrogen-bond donors (Lipinski definition) is 3. The lowest BCUT2D eigenvalue weighted by Crippen LogP contribution is -2.17. The average Bonchev–Trinajstić information content (AvgIpc) is 2.45. The minimum absolute atomic E-state index is 0.0142. The molecule has 0 unspecified atom stereocenters. The van der Waals surface area contributed by atoms with E-state index in [1.807, 2.05) is 6.07 Å². The molecule has 0 fully saturated rings. The van der Waals surface area contributed by atoms with E-state index in [1.165, 1.54) is 7.05 Å². The lowest BCUT2D eigenvalue weighted by atomic mass is 10.0. The minimum atomic E-state index is -0.236. The molecule has 0 radical (unpaired) electrons. The molecule has 1 aromatic carbocycles. The average molecular weight is 268 g/mol. The first-order valence-corrected chi connectivity index (χ1v) is 5.72. The van der Waals surface area contributed by atoms with E-state index >= 15 is 0 Å². The van der Waals surface area contributed by atoms with Crippen LogP contribution in [0.3, 0.4) is 0 Å². The highest BCUT2D eigenvalue weighted by Gasteiger charge is 2.14. The van der Waals surface area contributed by atoms with Crippen LogP contribution in [0.1, 0.15) is 15.9 Å². The van der Waals surface area contributed by atoms with Gasteiger partial charge in [-0.15, -0.1) is 0 Å². The summed E-state index contributed by atoms with van der Waals surface area (Å²) in [5.41, 5.74) is 12.7. The smallest absolute Gasteiger partial charge is 0.251 e. The van der Waals surface area contributed by atoms with E-state index < -0.39 is 0 Å². The molecule has 20 heavy (non-hydrogen) atoms. The number of carbonyl (C=O) groups is 1. The van der Waals surface area contributed by atoms with Gasteiger partial charge in [-0.1, -0.05) is 12.1 Å². The Kier molecular flexibility index (Phi) is 3.48. The van der Waals surface area contributed by atoms with Crippen LogP contribution < -0.4 is 16.8 Å². The number of nitrogens with zero attached hydrogens (tertiary/aromatic N) is 3. The van der Waals surface area contributed by atoms with Crippen molar-refractivity contribution in [2.24, 2.45) is 0 Å². The number of nitrogens with two attached hydrogens (primary N) is 2. The Morgan fingerprint density at radius 3 is 2.75 bits per heavy atom. The molecule has 7 heteroatoms. The fourth-order valence-electron chi connectivity index (χ4n) is 1.77. The lowest BCUT2D eigenvalue weighted by Gasteiger charge is -2.08. The monoisotopic (exact) mass is 268 g/mol. The maximum atomic E-state index is 11.6. The number of hydrogen-bond acceptors (Lipinski definition) is 6. The highest BCUT2D eigenvalue weighted by Crippen LogP contribution is 2.25. The maximum absolute atomic E-state index is 11.6. The molecular formula is C13H12N6O. The highest BCUT2D eigenvalue weighted by molar-refractivity contribution is 5.95. The van der Waals surface area contributed by atoms with Crippen LogP contribution in [0.15, 0.2) is 24.3 Å². The molecule has 2 rings (SSSR count). The van der Waals surface area contributed by atoms with E-state index in [0.717, 1.165) is 0 Å². The molecule has 7 nitrogen and oxygen atoms in total. The SMILES string of the molecule is CNC(=O)c1cccc(-c2nc(N)nc(N)c2C#N)c1. The van der Waals surface area contributed by atoms with Gasteiger partial charge < -0.3 is 16.8 Å². The van der Waals surface area contributed by atoms with Gasteiger partial charge in [-0.05, 0) is 12.1 Å². The summed E-state index contributed by atoms with van der Waals surface area (Å²) in [5, 5.41) is 11.7. The Bertz CT molecular complexity index is 719. The zero-order chi connectivity index (χ0) is 14.7. The van der Waals surface area contributed by atoms with Gasteiger partial charge in [-0.3, -0.25) is 4.79 Å². The molecule has 1 heterocycles. The van der Waals surface area contributed by atoms with Gasteiger partial charge in [0.15, 0.2) is 0 Å². The quantitative estimate of drug-likeness (QED) is 0.728. The number of aromatic nitrogens is 2. The molecule has 0 saturated carbocycles. The topological polar surface area (TPSA) is 131 Å². The van der Waals surface area contributed by atoms with E-state index in [2.05, 4.69) is 15.3 Å². The van der Waals surface area contributed by atoms with E-state index in [4.69, 9.17) is 16.7 Å². The number of rotatable bonds is 2. The number of amides is 1. The first-order valence-electron chi connectivity index (χ1n) is 5.72. The van der Waals surface area contributed by atoms with E-state index in [-0.39, 0.29) is 23.2 Å². The van der Waals surface area contributed by atoms with Crippen LogP contribution in [-0.4, -0.2) is 22.9 Å². The van der Waals surface area contributed by atoms with Crippen LogP contribution in [-0.2, 0) is 0 Å². The molecule has 0 bridgehead atoms. The van der Waals surface area contributed by atoms with Crippen LogP contribution in [0.2, 0.25) is 0 Å². The van der Waals surface area contributed by atoms with Crippen LogP contribution in [0, 0.1) is 11.3 Å². The molecule has 100 valence electrons. The zero-order valence-electron chi connectivity index (χ0n) is 10.7. The van der Waals surface area contributed by atoms with Crippen molar-refractivity contribution in [2.45, 2.75) is 0 Å². The predicted octanol–water partition coefficient (Wildman–Crippen LogP) is 0.539. The summed E-state index contributed by atoms with van der Waals surface area (Å²) in [6.07, 6.45) is 0. The first kappa shape index (κ1) is 13.3. The summed E-state index contributed by atoms with van der Waals surface area (Å²) in [4.78, 5) is 19.4. The molecule has 0 aliphatic rings. The molecule has 1 aromatic heterocycles. The second-order valence-corrected chi connectivity index (χ2v) is 3.96. The van der Waals surface area contributed by atoms with Crippen LogP contribution >= 0.6 is 0 Å². The number of benzene rings is 1. The van der Waals surface area contributed by atoms with Gasteiger partial charge in [-0.25, -0.2) is 4.98 Å². The van der Waals surface area contributed by atoms with E-state index in [1.54, 1.807) is 24.3 Å². The van der Waals surface area contributed by atoms with Crippen LogP contribution in [0.5, 0.6) is 0 Å².